The predicted octanol–water partition coefficient (Wildman–Crippen LogP) is 1.92. The van der Waals surface area contributed by atoms with E-state index in [0.717, 1.165) is 37.0 Å². The molecule has 23 heavy (non-hydrogen) atoms. The van der Waals surface area contributed by atoms with Crippen LogP contribution in [0.2, 0.25) is 0 Å². The van der Waals surface area contributed by atoms with Crippen LogP contribution >= 0.6 is 0 Å². The molecule has 1 N–H and O–H groups in total. The van der Waals surface area contributed by atoms with E-state index in [-0.39, 0.29) is 23.7 Å². The molecule has 1 atom stereocenters. The fourth-order valence-corrected chi connectivity index (χ4v) is 3.38. The Morgan fingerprint density at radius 3 is 2.74 bits per heavy atom. The summed E-state index contributed by atoms with van der Waals surface area (Å²) >= 11 is 0. The van der Waals surface area contributed by atoms with Crippen LogP contribution in [-0.4, -0.2) is 46.2 Å². The lowest BCUT2D eigenvalue weighted by atomic mass is 10.0. The molecule has 1 saturated heterocycles. The van der Waals surface area contributed by atoms with E-state index in [1.807, 2.05) is 42.7 Å². The van der Waals surface area contributed by atoms with Crippen molar-refractivity contribution in [3.05, 3.63) is 34.7 Å². The Kier molecular flexibility index (Phi) is 4.52. The largest absolute Gasteiger partial charge is 0.465 e. The Morgan fingerprint density at radius 2 is 2.04 bits per heavy atom. The highest BCUT2D eigenvalue weighted by Crippen LogP contribution is 2.25. The molecule has 6 nitrogen and oxygen atoms in total. The Labute approximate surface area is 135 Å². The Balaban J connectivity index is 1.72. The maximum absolute atomic E-state index is 12.3. The van der Waals surface area contributed by atoms with Crippen LogP contribution in [0.4, 0.5) is 0 Å². The number of nitrogens with one attached hydrogen (secondary N) is 1. The highest BCUT2D eigenvalue weighted by molar-refractivity contribution is 5.75. The monoisotopic (exact) mass is 317 g/mol. The van der Waals surface area contributed by atoms with Gasteiger partial charge in [-0.2, -0.15) is 0 Å². The molecule has 1 fully saturated rings. The van der Waals surface area contributed by atoms with Gasteiger partial charge >= 0.3 is 11.7 Å². The van der Waals surface area contributed by atoms with Gasteiger partial charge in [0.05, 0.1) is 17.6 Å². The van der Waals surface area contributed by atoms with Gasteiger partial charge in [-0.25, -0.2) is 4.79 Å². The first kappa shape index (κ1) is 15.8. The van der Waals surface area contributed by atoms with E-state index in [1.54, 1.807) is 0 Å². The van der Waals surface area contributed by atoms with Crippen LogP contribution in [0.5, 0.6) is 0 Å². The third kappa shape index (κ3) is 3.03. The quantitative estimate of drug-likeness (QED) is 0.875. The van der Waals surface area contributed by atoms with Crippen molar-refractivity contribution in [3.8, 4) is 0 Å². The fraction of sp³-hybridized carbons (Fsp3) is 0.529. The molecule has 0 radical (unpaired) electrons. The van der Waals surface area contributed by atoms with Gasteiger partial charge in [-0.05, 0) is 38.8 Å². The van der Waals surface area contributed by atoms with Crippen molar-refractivity contribution in [1.29, 1.82) is 0 Å². The number of carbonyl (C=O) groups is 1. The molecule has 1 unspecified atom stereocenters. The van der Waals surface area contributed by atoms with Crippen LogP contribution in [-0.2, 0) is 9.53 Å². The SMILES string of the molecule is CCOC(=O)C(C)N1CCC(n2c(=O)[nH]c3ccccc32)CC1. The van der Waals surface area contributed by atoms with Gasteiger partial charge in [-0.15, -0.1) is 0 Å². The third-order valence-corrected chi connectivity index (χ3v) is 4.66. The maximum Gasteiger partial charge on any atom is 0.326 e. The van der Waals surface area contributed by atoms with Gasteiger partial charge < -0.3 is 9.72 Å². The Bertz CT molecular complexity index is 741. The zero-order valence-electron chi connectivity index (χ0n) is 13.6. The normalized spacial score (nSPS) is 18.2. The second-order valence-electron chi connectivity index (χ2n) is 6.01. The standard InChI is InChI=1S/C17H23N3O3/c1-3-23-16(21)12(2)19-10-8-13(9-11-19)20-15-7-5-4-6-14(15)18-17(20)22/h4-7,12-13H,3,8-11H2,1-2H3,(H,18,22). The molecule has 1 aliphatic heterocycles. The molecule has 2 heterocycles. The van der Waals surface area contributed by atoms with Crippen LogP contribution in [0.25, 0.3) is 11.0 Å². The van der Waals surface area contributed by atoms with E-state index in [4.69, 9.17) is 4.74 Å². The van der Waals surface area contributed by atoms with Gasteiger partial charge in [0.25, 0.3) is 0 Å². The summed E-state index contributed by atoms with van der Waals surface area (Å²) in [5.41, 5.74) is 1.78. The number of hydrogen-bond acceptors (Lipinski definition) is 4. The molecular weight excluding hydrogens is 294 g/mol. The first-order valence-corrected chi connectivity index (χ1v) is 8.21. The maximum atomic E-state index is 12.3. The van der Waals surface area contributed by atoms with Crippen LogP contribution < -0.4 is 5.69 Å². The number of aromatic nitrogens is 2. The first-order chi connectivity index (χ1) is 11.1. The molecule has 3 rings (SSSR count). The van der Waals surface area contributed by atoms with E-state index < -0.39 is 0 Å². The van der Waals surface area contributed by atoms with Crippen molar-refractivity contribution in [1.82, 2.24) is 14.5 Å². The van der Waals surface area contributed by atoms with Gasteiger partial charge in [0, 0.05) is 19.1 Å². The Morgan fingerprint density at radius 1 is 1.35 bits per heavy atom. The Hall–Kier alpha value is -2.08. The molecule has 1 aromatic heterocycles. The summed E-state index contributed by atoms with van der Waals surface area (Å²) in [6.45, 7) is 5.69. The van der Waals surface area contributed by atoms with E-state index in [2.05, 4.69) is 9.88 Å². The average Bonchev–Trinajstić information content (AvgIpc) is 2.90. The summed E-state index contributed by atoms with van der Waals surface area (Å²) in [6.07, 6.45) is 1.71. The molecule has 0 amide bonds. The number of imidazole rings is 1. The number of benzene rings is 1. The summed E-state index contributed by atoms with van der Waals surface area (Å²) in [7, 11) is 0. The predicted molar refractivity (Wildman–Crippen MR) is 88.5 cm³/mol. The number of esters is 1. The number of H-pyrrole nitrogens is 1. The number of ether oxygens (including phenoxy) is 1. The molecule has 6 heteroatoms. The molecule has 2 aromatic rings. The molecule has 1 aromatic carbocycles. The van der Waals surface area contributed by atoms with Gasteiger partial charge in [0.1, 0.15) is 6.04 Å². The van der Waals surface area contributed by atoms with Crippen molar-refractivity contribution in [3.63, 3.8) is 0 Å². The van der Waals surface area contributed by atoms with E-state index in [0.29, 0.717) is 6.61 Å². The molecule has 124 valence electrons. The van der Waals surface area contributed by atoms with Crippen LogP contribution in [0.15, 0.2) is 29.1 Å². The van der Waals surface area contributed by atoms with Crippen molar-refractivity contribution < 1.29 is 9.53 Å². The minimum absolute atomic E-state index is 0.0527. The third-order valence-electron chi connectivity index (χ3n) is 4.66. The van der Waals surface area contributed by atoms with E-state index in [9.17, 15) is 9.59 Å². The molecule has 0 saturated carbocycles. The molecular formula is C17H23N3O3. The summed E-state index contributed by atoms with van der Waals surface area (Å²) in [6, 6.07) is 7.71. The number of rotatable bonds is 4. The minimum Gasteiger partial charge on any atom is -0.465 e. The summed E-state index contributed by atoms with van der Waals surface area (Å²) in [5, 5.41) is 0. The number of carbonyl (C=O) groups excluding carboxylic acids is 1. The van der Waals surface area contributed by atoms with Crippen LogP contribution in [0, 0.1) is 0 Å². The topological polar surface area (TPSA) is 67.3 Å². The number of hydrogen-bond donors (Lipinski definition) is 1. The summed E-state index contributed by atoms with van der Waals surface area (Å²) < 4.78 is 6.95. The highest BCUT2D eigenvalue weighted by Gasteiger charge is 2.29. The van der Waals surface area contributed by atoms with Gasteiger partial charge in [0.15, 0.2) is 0 Å². The van der Waals surface area contributed by atoms with Crippen LogP contribution in [0.3, 0.4) is 0 Å². The minimum atomic E-state index is -0.226. The molecule has 0 aliphatic carbocycles. The van der Waals surface area contributed by atoms with E-state index in [1.165, 1.54) is 0 Å². The van der Waals surface area contributed by atoms with Gasteiger partial charge in [-0.1, -0.05) is 12.1 Å². The van der Waals surface area contributed by atoms with Gasteiger partial charge in [0.2, 0.25) is 0 Å². The fourth-order valence-electron chi connectivity index (χ4n) is 3.38. The number of aromatic amines is 1. The average molecular weight is 317 g/mol. The highest BCUT2D eigenvalue weighted by atomic mass is 16.5. The van der Waals surface area contributed by atoms with Crippen molar-refractivity contribution in [2.24, 2.45) is 0 Å². The second kappa shape index (κ2) is 6.58. The lowest BCUT2D eigenvalue weighted by Gasteiger charge is -2.35. The second-order valence-corrected chi connectivity index (χ2v) is 6.01. The summed E-state index contributed by atoms with van der Waals surface area (Å²) in [5.74, 6) is -0.171. The number of para-hydroxylation sites is 2. The number of nitrogens with zero attached hydrogens (tertiary/aromatic N) is 2. The first-order valence-electron chi connectivity index (χ1n) is 8.21. The zero-order chi connectivity index (χ0) is 16.4. The van der Waals surface area contributed by atoms with Crippen molar-refractivity contribution in [2.75, 3.05) is 19.7 Å². The van der Waals surface area contributed by atoms with Crippen molar-refractivity contribution >= 4 is 17.0 Å². The lowest BCUT2D eigenvalue weighted by Crippen LogP contribution is -2.45. The van der Waals surface area contributed by atoms with Gasteiger partial charge in [-0.3, -0.25) is 14.3 Å². The molecule has 0 bridgehead atoms. The lowest BCUT2D eigenvalue weighted by molar-refractivity contribution is -0.149. The number of likely N-dealkylation sites (tertiary alicyclic amines) is 1. The number of piperidine rings is 1. The van der Waals surface area contributed by atoms with E-state index >= 15 is 0 Å². The van der Waals surface area contributed by atoms with Crippen molar-refractivity contribution in [2.45, 2.75) is 38.8 Å². The van der Waals surface area contributed by atoms with Crippen LogP contribution in [0.1, 0.15) is 32.7 Å². The smallest absolute Gasteiger partial charge is 0.326 e. The summed E-state index contributed by atoms with van der Waals surface area (Å²) in [4.78, 5) is 29.2. The zero-order valence-corrected chi connectivity index (χ0v) is 13.6. The number of fused-ring (bicyclic) bond motifs is 1. The molecule has 1 aliphatic rings. The molecule has 0 spiro atoms.